The molecule has 1 atom stereocenters. The number of nitrogens with one attached hydrogen (secondary N) is 3. The summed E-state index contributed by atoms with van der Waals surface area (Å²) >= 11 is 0. The Morgan fingerprint density at radius 3 is 2.70 bits per heavy atom. The molecule has 0 radical (unpaired) electrons. The maximum atomic E-state index is 12.5. The first kappa shape index (κ1) is 20.9. The fraction of sp³-hybridized carbons (Fsp3) is 0.364. The molecule has 0 spiro atoms. The van der Waals surface area contributed by atoms with Gasteiger partial charge in [-0.05, 0) is 25.8 Å². The molecule has 5 rings (SSSR count). The Hall–Kier alpha value is -4.02. The first-order chi connectivity index (χ1) is 15.9. The Kier molecular flexibility index (Phi) is 4.95. The maximum absolute atomic E-state index is 12.5. The molecular weight excluding hydrogens is 422 g/mol. The van der Waals surface area contributed by atoms with E-state index in [4.69, 9.17) is 0 Å². The highest BCUT2D eigenvalue weighted by Gasteiger charge is 2.32. The fourth-order valence-corrected chi connectivity index (χ4v) is 4.05. The molecule has 11 heteroatoms. The van der Waals surface area contributed by atoms with Crippen molar-refractivity contribution in [2.45, 2.75) is 25.8 Å². The third-order valence-electron chi connectivity index (χ3n) is 6.11. The summed E-state index contributed by atoms with van der Waals surface area (Å²) in [6.07, 6.45) is 5.48. The van der Waals surface area contributed by atoms with E-state index in [-0.39, 0.29) is 29.4 Å². The second-order valence-corrected chi connectivity index (χ2v) is 8.41. The van der Waals surface area contributed by atoms with Gasteiger partial charge in [-0.1, -0.05) is 0 Å². The number of amides is 2. The van der Waals surface area contributed by atoms with Crippen LogP contribution in [0.1, 0.15) is 41.9 Å². The highest BCUT2D eigenvalue weighted by Crippen LogP contribution is 2.46. The molecule has 0 bridgehead atoms. The summed E-state index contributed by atoms with van der Waals surface area (Å²) in [4.78, 5) is 31.3. The molecule has 2 aliphatic rings. The van der Waals surface area contributed by atoms with Crippen molar-refractivity contribution in [3.63, 3.8) is 0 Å². The van der Waals surface area contributed by atoms with Crippen LogP contribution in [0.4, 0.5) is 23.0 Å². The van der Waals surface area contributed by atoms with Gasteiger partial charge in [-0.15, -0.1) is 10.2 Å². The van der Waals surface area contributed by atoms with Gasteiger partial charge in [0, 0.05) is 56.6 Å². The minimum Gasteiger partial charge on any atom is -0.364 e. The highest BCUT2D eigenvalue weighted by atomic mass is 16.2. The van der Waals surface area contributed by atoms with Crippen LogP contribution in [0.25, 0.3) is 11.3 Å². The lowest BCUT2D eigenvalue weighted by atomic mass is 9.96. The predicted molar refractivity (Wildman–Crippen MR) is 123 cm³/mol. The van der Waals surface area contributed by atoms with Crippen molar-refractivity contribution >= 4 is 34.8 Å². The highest BCUT2D eigenvalue weighted by molar-refractivity contribution is 6.00. The number of hydrogen-bond donors (Lipinski definition) is 3. The van der Waals surface area contributed by atoms with Crippen molar-refractivity contribution in [1.82, 2.24) is 30.3 Å². The summed E-state index contributed by atoms with van der Waals surface area (Å²) in [5.41, 5.74) is 4.33. The van der Waals surface area contributed by atoms with Gasteiger partial charge < -0.3 is 20.9 Å². The van der Waals surface area contributed by atoms with Crippen LogP contribution in [0, 0.1) is 5.92 Å². The second-order valence-electron chi connectivity index (χ2n) is 8.41. The Bertz CT molecular complexity index is 1260. The van der Waals surface area contributed by atoms with Crippen LogP contribution in [0.15, 0.2) is 24.5 Å². The van der Waals surface area contributed by atoms with E-state index < -0.39 is 5.91 Å². The number of pyridine rings is 1. The summed E-state index contributed by atoms with van der Waals surface area (Å²) in [6, 6.07) is 3.62. The van der Waals surface area contributed by atoms with Gasteiger partial charge in [0.05, 0.1) is 23.1 Å². The van der Waals surface area contributed by atoms with E-state index in [1.807, 2.05) is 31.0 Å². The molecule has 3 N–H and O–H groups in total. The van der Waals surface area contributed by atoms with Gasteiger partial charge in [0.25, 0.3) is 5.91 Å². The molecule has 3 aromatic heterocycles. The number of hydrogen-bond acceptors (Lipinski definition) is 8. The van der Waals surface area contributed by atoms with E-state index in [2.05, 4.69) is 48.1 Å². The lowest BCUT2D eigenvalue weighted by Gasteiger charge is -2.34. The van der Waals surface area contributed by atoms with Crippen LogP contribution >= 0.6 is 0 Å². The SMILES string of the molecule is CNC(=O)c1nnc(NC(=O)C2CC2)cc1Nc1nccc2c1N(C)[C@H](C)c1cn(C)nc1-2. The minimum absolute atomic E-state index is 0.0207. The molecule has 0 unspecified atom stereocenters. The molecule has 2 amide bonds. The van der Waals surface area contributed by atoms with Gasteiger partial charge >= 0.3 is 0 Å². The van der Waals surface area contributed by atoms with Gasteiger partial charge in [0.1, 0.15) is 0 Å². The van der Waals surface area contributed by atoms with Crippen LogP contribution in [-0.2, 0) is 11.8 Å². The number of anilines is 4. The van der Waals surface area contributed by atoms with E-state index in [1.165, 1.54) is 7.05 Å². The number of aryl methyl sites for hydroxylation is 1. The van der Waals surface area contributed by atoms with E-state index in [1.54, 1.807) is 12.3 Å². The lowest BCUT2D eigenvalue weighted by molar-refractivity contribution is -0.117. The molecule has 4 heterocycles. The number of fused-ring (bicyclic) bond motifs is 3. The summed E-state index contributed by atoms with van der Waals surface area (Å²) < 4.78 is 1.81. The molecule has 1 fully saturated rings. The minimum atomic E-state index is -0.399. The summed E-state index contributed by atoms with van der Waals surface area (Å²) in [7, 11) is 5.43. The maximum Gasteiger partial charge on any atom is 0.273 e. The second kappa shape index (κ2) is 7.84. The van der Waals surface area contributed by atoms with Gasteiger partial charge in [-0.2, -0.15) is 5.10 Å². The van der Waals surface area contributed by atoms with Crippen molar-refractivity contribution in [1.29, 1.82) is 0 Å². The van der Waals surface area contributed by atoms with Crippen molar-refractivity contribution in [2.75, 3.05) is 29.6 Å². The molecule has 1 saturated carbocycles. The Balaban J connectivity index is 1.57. The first-order valence-corrected chi connectivity index (χ1v) is 10.8. The van der Waals surface area contributed by atoms with Gasteiger partial charge in [0.2, 0.25) is 5.91 Å². The average Bonchev–Trinajstić information content (AvgIpc) is 3.58. The van der Waals surface area contributed by atoms with Gasteiger partial charge in [0.15, 0.2) is 17.3 Å². The standard InChI is InChI=1S/C22H25N9O2/c1-11-14-10-30(3)29-17(14)13-7-8-24-20(19(13)31(11)4)25-15-9-16(26-21(32)12-5-6-12)27-28-18(15)22(33)23-2/h7-12H,5-6H2,1-4H3,(H,23,33)(H2,24,25,26,27,32)/t11-/m1/s1. The Morgan fingerprint density at radius 2 is 1.97 bits per heavy atom. The van der Waals surface area contributed by atoms with E-state index in [0.29, 0.717) is 11.5 Å². The Morgan fingerprint density at radius 1 is 1.18 bits per heavy atom. The zero-order valence-corrected chi connectivity index (χ0v) is 18.9. The molecule has 0 aromatic carbocycles. The van der Waals surface area contributed by atoms with Crippen LogP contribution in [0.3, 0.4) is 0 Å². The molecular formula is C22H25N9O2. The third-order valence-corrected chi connectivity index (χ3v) is 6.11. The Labute approximate surface area is 190 Å². The molecule has 0 saturated heterocycles. The summed E-state index contributed by atoms with van der Waals surface area (Å²) in [5.74, 6) is 0.363. The van der Waals surface area contributed by atoms with Crippen molar-refractivity contribution in [3.05, 3.63) is 35.8 Å². The monoisotopic (exact) mass is 447 g/mol. The van der Waals surface area contributed by atoms with Crippen molar-refractivity contribution in [2.24, 2.45) is 13.0 Å². The van der Waals surface area contributed by atoms with Crippen LogP contribution in [0.2, 0.25) is 0 Å². The normalized spacial score (nSPS) is 16.6. The number of carbonyl (C=O) groups excluding carboxylic acids is 2. The van der Waals surface area contributed by atoms with Crippen molar-refractivity contribution in [3.8, 4) is 11.3 Å². The first-order valence-electron chi connectivity index (χ1n) is 10.8. The molecule has 1 aliphatic carbocycles. The van der Waals surface area contributed by atoms with E-state index >= 15 is 0 Å². The summed E-state index contributed by atoms with van der Waals surface area (Å²) in [6.45, 7) is 2.11. The van der Waals surface area contributed by atoms with Crippen molar-refractivity contribution < 1.29 is 9.59 Å². The van der Waals surface area contributed by atoms with E-state index in [9.17, 15) is 9.59 Å². The largest absolute Gasteiger partial charge is 0.364 e. The third kappa shape index (κ3) is 3.65. The van der Waals surface area contributed by atoms with Crippen LogP contribution in [-0.4, -0.2) is 50.9 Å². The number of aromatic nitrogens is 5. The fourth-order valence-electron chi connectivity index (χ4n) is 4.05. The van der Waals surface area contributed by atoms with Gasteiger partial charge in [-0.3, -0.25) is 14.3 Å². The van der Waals surface area contributed by atoms with Crippen LogP contribution < -0.4 is 20.9 Å². The number of nitrogens with zero attached hydrogens (tertiary/aromatic N) is 6. The average molecular weight is 448 g/mol. The molecule has 1 aliphatic heterocycles. The smallest absolute Gasteiger partial charge is 0.273 e. The zero-order valence-electron chi connectivity index (χ0n) is 18.9. The van der Waals surface area contributed by atoms with Crippen LogP contribution in [0.5, 0.6) is 0 Å². The number of rotatable bonds is 5. The topological polar surface area (TPSA) is 130 Å². The summed E-state index contributed by atoms with van der Waals surface area (Å²) in [5, 5.41) is 21.4. The molecule has 170 valence electrons. The molecule has 33 heavy (non-hydrogen) atoms. The molecule has 3 aromatic rings. The number of carbonyl (C=O) groups is 2. The van der Waals surface area contributed by atoms with Gasteiger partial charge in [-0.25, -0.2) is 4.98 Å². The molecule has 11 nitrogen and oxygen atoms in total. The van der Waals surface area contributed by atoms with E-state index in [0.717, 1.165) is 35.3 Å². The zero-order chi connectivity index (χ0) is 23.3. The lowest BCUT2D eigenvalue weighted by Crippen LogP contribution is -2.27. The quantitative estimate of drug-likeness (QED) is 0.543. The predicted octanol–water partition coefficient (Wildman–Crippen LogP) is 2.23.